The normalized spacial score (nSPS) is 13.4. The van der Waals surface area contributed by atoms with Crippen LogP contribution in [0.3, 0.4) is 0 Å². The average Bonchev–Trinajstić information content (AvgIpc) is 2.50. The Balaban J connectivity index is 3.16. The van der Waals surface area contributed by atoms with E-state index in [9.17, 15) is 14.4 Å². The van der Waals surface area contributed by atoms with Gasteiger partial charge in [0.15, 0.2) is 0 Å². The summed E-state index contributed by atoms with van der Waals surface area (Å²) in [7, 11) is -4.21. The molecule has 1 aromatic rings. The highest BCUT2D eigenvalue weighted by Gasteiger charge is 2.46. The second-order valence-electron chi connectivity index (χ2n) is 5.64. The van der Waals surface area contributed by atoms with Gasteiger partial charge in [-0.3, -0.25) is 9.55 Å². The zero-order chi connectivity index (χ0) is 16.6. The second kappa shape index (κ2) is 8.61. The average molecular weight is 325 g/mol. The third kappa shape index (κ3) is 4.52. The first kappa shape index (κ1) is 19.1. The summed E-state index contributed by atoms with van der Waals surface area (Å²) in [5.41, 5.74) is 1.81. The Labute approximate surface area is 133 Å². The molecule has 0 unspecified atom stereocenters. The van der Waals surface area contributed by atoms with Gasteiger partial charge in [0, 0.05) is 18.3 Å². The summed E-state index contributed by atoms with van der Waals surface area (Å²) in [6, 6.07) is 5.73. The van der Waals surface area contributed by atoms with Crippen LogP contribution in [0.1, 0.15) is 58.6 Å². The Morgan fingerprint density at radius 2 is 1.95 bits per heavy atom. The van der Waals surface area contributed by atoms with Crippen molar-refractivity contribution in [2.24, 2.45) is 0 Å². The minimum Gasteiger partial charge on any atom is -0.324 e. The molecule has 0 aliphatic rings. The van der Waals surface area contributed by atoms with Crippen molar-refractivity contribution in [3.05, 3.63) is 41.7 Å². The van der Waals surface area contributed by atoms with Crippen LogP contribution < -0.4 is 0 Å². The molecule has 2 N–H and O–H groups in total. The summed E-state index contributed by atoms with van der Waals surface area (Å²) >= 11 is 0. The molecule has 22 heavy (non-hydrogen) atoms. The van der Waals surface area contributed by atoms with Gasteiger partial charge < -0.3 is 9.79 Å². The fourth-order valence-corrected chi connectivity index (χ4v) is 4.34. The highest BCUT2D eigenvalue weighted by atomic mass is 31.2. The molecule has 0 spiro atoms. The molecule has 124 valence electrons. The predicted molar refractivity (Wildman–Crippen MR) is 90.9 cm³/mol. The molecule has 0 bridgehead atoms. The molecule has 0 aliphatic heterocycles. The van der Waals surface area contributed by atoms with Crippen LogP contribution >= 0.6 is 7.60 Å². The molecule has 1 rings (SSSR count). The third-order valence-electron chi connectivity index (χ3n) is 4.41. The quantitative estimate of drug-likeness (QED) is 0.519. The Morgan fingerprint density at radius 3 is 2.41 bits per heavy atom. The van der Waals surface area contributed by atoms with Crippen LogP contribution in [0.25, 0.3) is 0 Å². The van der Waals surface area contributed by atoms with Gasteiger partial charge in [-0.2, -0.15) is 0 Å². The maximum absolute atomic E-state index is 12.2. The SMILES string of the molecule is CCCCC(=CCc1ccccn1)C(CC)(CC)P(=O)(O)O. The standard InChI is InChI=1S/C17H28NO3P/c1-4-7-10-15(12-13-16-11-8-9-14-18-16)17(5-2,6-3)22(19,20)21/h8-9,11-12,14H,4-7,10,13H2,1-3H3,(H2,19,20,21). The van der Waals surface area contributed by atoms with Gasteiger partial charge in [0.1, 0.15) is 0 Å². The van der Waals surface area contributed by atoms with Gasteiger partial charge >= 0.3 is 7.60 Å². The lowest BCUT2D eigenvalue weighted by Gasteiger charge is -2.35. The lowest BCUT2D eigenvalue weighted by atomic mass is 9.88. The summed E-state index contributed by atoms with van der Waals surface area (Å²) in [5.74, 6) is 0. The molecule has 0 fully saturated rings. The van der Waals surface area contributed by atoms with Crippen LogP contribution in [0.5, 0.6) is 0 Å². The van der Waals surface area contributed by atoms with E-state index in [-0.39, 0.29) is 0 Å². The van der Waals surface area contributed by atoms with Gasteiger partial charge in [0.05, 0.1) is 5.16 Å². The number of allylic oxidation sites excluding steroid dienone is 2. The number of aromatic nitrogens is 1. The van der Waals surface area contributed by atoms with Crippen molar-refractivity contribution in [3.8, 4) is 0 Å². The van der Waals surface area contributed by atoms with Crippen LogP contribution in [0.4, 0.5) is 0 Å². The summed E-state index contributed by atoms with van der Waals surface area (Å²) in [5, 5.41) is -1.03. The Morgan fingerprint density at radius 1 is 1.27 bits per heavy atom. The van der Waals surface area contributed by atoms with Crippen LogP contribution in [-0.4, -0.2) is 19.9 Å². The van der Waals surface area contributed by atoms with Crippen LogP contribution in [-0.2, 0) is 11.0 Å². The molecule has 0 saturated heterocycles. The van der Waals surface area contributed by atoms with Crippen molar-refractivity contribution < 1.29 is 14.4 Å². The van der Waals surface area contributed by atoms with Crippen molar-refractivity contribution in [2.45, 2.75) is 64.5 Å². The zero-order valence-electron chi connectivity index (χ0n) is 13.8. The highest BCUT2D eigenvalue weighted by Crippen LogP contribution is 2.59. The number of rotatable bonds is 9. The number of pyridine rings is 1. The molecular formula is C17H28NO3P. The smallest absolute Gasteiger partial charge is 0.324 e. The molecular weight excluding hydrogens is 297 g/mol. The van der Waals surface area contributed by atoms with E-state index in [2.05, 4.69) is 11.9 Å². The van der Waals surface area contributed by atoms with E-state index in [4.69, 9.17) is 0 Å². The summed E-state index contributed by atoms with van der Waals surface area (Å²) in [6.45, 7) is 5.82. The van der Waals surface area contributed by atoms with E-state index in [1.165, 1.54) is 0 Å². The van der Waals surface area contributed by atoms with Crippen molar-refractivity contribution in [2.75, 3.05) is 0 Å². The number of unbranched alkanes of at least 4 members (excludes halogenated alkanes) is 1. The van der Waals surface area contributed by atoms with Gasteiger partial charge in [0.2, 0.25) is 0 Å². The van der Waals surface area contributed by atoms with Crippen LogP contribution in [0.2, 0.25) is 0 Å². The first-order valence-corrected chi connectivity index (χ1v) is 9.67. The van der Waals surface area contributed by atoms with Gasteiger partial charge in [-0.1, -0.05) is 44.9 Å². The largest absolute Gasteiger partial charge is 0.335 e. The minimum absolute atomic E-state index is 0.450. The topological polar surface area (TPSA) is 70.4 Å². The maximum Gasteiger partial charge on any atom is 0.335 e. The molecule has 1 heterocycles. The highest BCUT2D eigenvalue weighted by molar-refractivity contribution is 7.53. The Kier molecular flexibility index (Phi) is 7.47. The molecule has 0 radical (unpaired) electrons. The lowest BCUT2D eigenvalue weighted by molar-refractivity contribution is 0.326. The predicted octanol–water partition coefficient (Wildman–Crippen LogP) is 4.48. The monoisotopic (exact) mass is 325 g/mol. The molecule has 0 aliphatic carbocycles. The number of hydrogen-bond donors (Lipinski definition) is 2. The van der Waals surface area contributed by atoms with E-state index < -0.39 is 12.8 Å². The molecule has 0 saturated carbocycles. The lowest BCUT2D eigenvalue weighted by Crippen LogP contribution is -2.30. The maximum atomic E-state index is 12.2. The molecule has 0 atom stereocenters. The van der Waals surface area contributed by atoms with E-state index >= 15 is 0 Å². The molecule has 0 amide bonds. The first-order valence-electron chi connectivity index (χ1n) is 8.06. The van der Waals surface area contributed by atoms with E-state index in [1.807, 2.05) is 38.1 Å². The van der Waals surface area contributed by atoms with E-state index in [0.29, 0.717) is 19.3 Å². The summed E-state index contributed by atoms with van der Waals surface area (Å²) in [6.07, 6.45) is 7.92. The fourth-order valence-electron chi connectivity index (χ4n) is 2.94. The van der Waals surface area contributed by atoms with E-state index in [1.54, 1.807) is 6.20 Å². The van der Waals surface area contributed by atoms with Crippen molar-refractivity contribution >= 4 is 7.60 Å². The third-order valence-corrected chi connectivity index (χ3v) is 6.44. The van der Waals surface area contributed by atoms with Crippen molar-refractivity contribution in [3.63, 3.8) is 0 Å². The molecule has 1 aromatic heterocycles. The fraction of sp³-hybridized carbons (Fsp3) is 0.588. The Bertz CT molecular complexity index is 518. The second-order valence-corrected chi connectivity index (χ2v) is 7.58. The zero-order valence-corrected chi connectivity index (χ0v) is 14.7. The minimum atomic E-state index is -4.21. The Hall–Kier alpha value is -0.960. The molecule has 5 heteroatoms. The van der Waals surface area contributed by atoms with Gasteiger partial charge in [-0.15, -0.1) is 0 Å². The number of hydrogen-bond acceptors (Lipinski definition) is 2. The van der Waals surface area contributed by atoms with Crippen molar-refractivity contribution in [1.29, 1.82) is 0 Å². The van der Waals surface area contributed by atoms with Gasteiger partial charge in [-0.25, -0.2) is 0 Å². The van der Waals surface area contributed by atoms with Crippen LogP contribution in [0, 0.1) is 0 Å². The molecule has 0 aromatic carbocycles. The van der Waals surface area contributed by atoms with Gasteiger partial charge in [0.25, 0.3) is 0 Å². The summed E-state index contributed by atoms with van der Waals surface area (Å²) in [4.78, 5) is 24.2. The number of nitrogens with zero attached hydrogens (tertiary/aromatic N) is 1. The first-order chi connectivity index (χ1) is 10.4. The van der Waals surface area contributed by atoms with Crippen molar-refractivity contribution in [1.82, 2.24) is 4.98 Å². The summed E-state index contributed by atoms with van der Waals surface area (Å²) < 4.78 is 12.2. The van der Waals surface area contributed by atoms with Crippen LogP contribution in [0.15, 0.2) is 36.0 Å². The van der Waals surface area contributed by atoms with Gasteiger partial charge in [-0.05, 0) is 37.8 Å². The molecule has 4 nitrogen and oxygen atoms in total. The van der Waals surface area contributed by atoms with E-state index in [0.717, 1.165) is 30.5 Å².